The van der Waals surface area contributed by atoms with Crippen molar-refractivity contribution in [1.29, 1.82) is 0 Å². The van der Waals surface area contributed by atoms with Crippen molar-refractivity contribution in [3.05, 3.63) is 29.3 Å². The Bertz CT molecular complexity index is 1130. The third-order valence-corrected chi connectivity index (χ3v) is 6.29. The number of hydrogen-bond donors (Lipinski definition) is 4. The second-order valence-electron chi connectivity index (χ2n) is 9.53. The lowest BCUT2D eigenvalue weighted by molar-refractivity contribution is -0.126. The van der Waals surface area contributed by atoms with Gasteiger partial charge in [0.1, 0.15) is 25.5 Å². The van der Waals surface area contributed by atoms with Crippen molar-refractivity contribution < 1.29 is 52.5 Å². The molecule has 16 heteroatoms. The van der Waals surface area contributed by atoms with Crippen molar-refractivity contribution in [2.75, 3.05) is 98.6 Å². The minimum atomic E-state index is -1.16. The van der Waals surface area contributed by atoms with E-state index in [9.17, 15) is 28.8 Å². The zero-order valence-corrected chi connectivity index (χ0v) is 25.7. The van der Waals surface area contributed by atoms with Gasteiger partial charge in [0.25, 0.3) is 11.8 Å². The molecule has 1 heterocycles. The first-order chi connectivity index (χ1) is 21.8. The number of ether oxygens (including phenoxy) is 5. The molecule has 1 aliphatic heterocycles. The second-order valence-corrected chi connectivity index (χ2v) is 9.53. The van der Waals surface area contributed by atoms with Crippen LogP contribution in [-0.4, -0.2) is 140 Å². The quantitative estimate of drug-likeness (QED) is 0.0564. The van der Waals surface area contributed by atoms with E-state index in [1.54, 1.807) is 7.05 Å². The van der Waals surface area contributed by atoms with Crippen LogP contribution in [0.3, 0.4) is 0 Å². The molecule has 0 saturated heterocycles. The van der Waals surface area contributed by atoms with Gasteiger partial charge in [-0.2, -0.15) is 0 Å². The average Bonchev–Trinajstić information content (AvgIpc) is 3.29. The topological polar surface area (TPSA) is 200 Å². The largest absolute Gasteiger partial charge is 0.377 e. The van der Waals surface area contributed by atoms with Crippen molar-refractivity contribution in [3.8, 4) is 0 Å². The van der Waals surface area contributed by atoms with E-state index < -0.39 is 29.7 Å². The first-order valence-electron chi connectivity index (χ1n) is 14.6. The summed E-state index contributed by atoms with van der Waals surface area (Å²) in [6.45, 7) is 3.28. The van der Waals surface area contributed by atoms with Gasteiger partial charge in [0.2, 0.25) is 17.7 Å². The number of aldehydes is 1. The van der Waals surface area contributed by atoms with E-state index in [1.807, 2.05) is 0 Å². The van der Waals surface area contributed by atoms with Gasteiger partial charge in [-0.1, -0.05) is 6.07 Å². The molecule has 250 valence electrons. The number of nitrogens with one attached hydrogen (secondary N) is 4. The Labute approximate surface area is 261 Å². The fourth-order valence-electron chi connectivity index (χ4n) is 4.13. The molecular formula is C29H43N5O11. The molecule has 2 rings (SSSR count). The molecular weight excluding hydrogens is 594 g/mol. The highest BCUT2D eigenvalue weighted by molar-refractivity contribution is 6.25. The van der Waals surface area contributed by atoms with Crippen molar-refractivity contribution in [2.45, 2.75) is 18.9 Å². The number of rotatable bonds is 25. The molecule has 0 radical (unpaired) electrons. The predicted octanol–water partition coefficient (Wildman–Crippen LogP) is -1.27. The highest BCUT2D eigenvalue weighted by Gasteiger charge is 2.43. The Morgan fingerprint density at radius 2 is 1.38 bits per heavy atom. The molecule has 1 unspecified atom stereocenters. The number of carbonyl (C=O) groups excluding carboxylic acids is 6. The summed E-state index contributed by atoms with van der Waals surface area (Å²) in [7, 11) is 3.17. The van der Waals surface area contributed by atoms with Crippen LogP contribution in [0.15, 0.2) is 18.2 Å². The average molecular weight is 638 g/mol. The number of likely N-dealkylation sites (N-methyl/N-ethyl adjacent to an activating group) is 2. The standard InChI is InChI=1S/C29H43N5O11/c1-30-8-9-32-24(36)19-44-17-15-42-13-11-41-12-14-43-16-18-45-20-25(37)33-22-6-3-5-21-26(22)29(40)34(28(21)39)23(7-4-10-35)27(38)31-2/h3,5-6,10,23,30H,4,7-9,11-20H2,1-2H3,(H,31,38)(H,32,36)(H,33,37). The molecule has 45 heavy (non-hydrogen) atoms. The number of benzene rings is 1. The normalized spacial score (nSPS) is 13.0. The monoisotopic (exact) mass is 637 g/mol. The van der Waals surface area contributed by atoms with Crippen LogP contribution in [0.2, 0.25) is 0 Å². The fourth-order valence-corrected chi connectivity index (χ4v) is 4.13. The van der Waals surface area contributed by atoms with Gasteiger partial charge in [-0.3, -0.25) is 28.9 Å². The maximum Gasteiger partial charge on any atom is 0.264 e. The van der Waals surface area contributed by atoms with Crippen molar-refractivity contribution in [3.63, 3.8) is 0 Å². The Morgan fingerprint density at radius 1 is 0.800 bits per heavy atom. The molecule has 0 aliphatic carbocycles. The maximum atomic E-state index is 13.2. The lowest BCUT2D eigenvalue weighted by Crippen LogP contribution is -2.48. The highest BCUT2D eigenvalue weighted by Crippen LogP contribution is 2.31. The van der Waals surface area contributed by atoms with Gasteiger partial charge in [-0.25, -0.2) is 0 Å². The summed E-state index contributed by atoms with van der Waals surface area (Å²) < 4.78 is 26.7. The molecule has 0 spiro atoms. The Kier molecular flexibility index (Phi) is 18.1. The van der Waals surface area contributed by atoms with E-state index in [2.05, 4.69) is 21.3 Å². The molecule has 1 atom stereocenters. The SMILES string of the molecule is CNCCNC(=O)COCCOCCOCCOCCOCC(=O)Nc1cccc2c1C(=O)N(C(CCC=O)C(=O)NC)C2=O. The lowest BCUT2D eigenvalue weighted by atomic mass is 10.1. The number of amides is 5. The van der Waals surface area contributed by atoms with Gasteiger partial charge in [-0.15, -0.1) is 0 Å². The third-order valence-electron chi connectivity index (χ3n) is 6.29. The van der Waals surface area contributed by atoms with Gasteiger partial charge in [0.15, 0.2) is 0 Å². The minimum absolute atomic E-state index is 0.0149. The molecule has 1 aromatic rings. The third kappa shape index (κ3) is 13.0. The smallest absolute Gasteiger partial charge is 0.264 e. The van der Waals surface area contributed by atoms with Crippen LogP contribution in [0, 0.1) is 0 Å². The maximum absolute atomic E-state index is 13.2. The van der Waals surface area contributed by atoms with E-state index in [-0.39, 0.29) is 62.0 Å². The first-order valence-corrected chi connectivity index (χ1v) is 14.6. The molecule has 5 amide bonds. The van der Waals surface area contributed by atoms with Crippen LogP contribution >= 0.6 is 0 Å². The molecule has 16 nitrogen and oxygen atoms in total. The van der Waals surface area contributed by atoms with Gasteiger partial charge in [0.05, 0.1) is 69.7 Å². The second kappa shape index (κ2) is 21.8. The van der Waals surface area contributed by atoms with Crippen LogP contribution < -0.4 is 21.3 Å². The van der Waals surface area contributed by atoms with Crippen molar-refractivity contribution in [2.24, 2.45) is 0 Å². The van der Waals surface area contributed by atoms with E-state index in [1.165, 1.54) is 25.2 Å². The van der Waals surface area contributed by atoms with E-state index in [4.69, 9.17) is 23.7 Å². The molecule has 1 aromatic carbocycles. The zero-order chi connectivity index (χ0) is 32.9. The zero-order valence-electron chi connectivity index (χ0n) is 25.7. The molecule has 1 aliphatic rings. The minimum Gasteiger partial charge on any atom is -0.377 e. The van der Waals surface area contributed by atoms with Gasteiger partial charge < -0.3 is 49.7 Å². The number of imide groups is 1. The molecule has 0 aromatic heterocycles. The van der Waals surface area contributed by atoms with E-state index in [0.717, 1.165) is 4.90 Å². The van der Waals surface area contributed by atoms with Gasteiger partial charge in [0, 0.05) is 26.6 Å². The van der Waals surface area contributed by atoms with Crippen LogP contribution in [0.25, 0.3) is 0 Å². The molecule has 0 saturated carbocycles. The van der Waals surface area contributed by atoms with Crippen LogP contribution in [0.4, 0.5) is 5.69 Å². The summed E-state index contributed by atoms with van der Waals surface area (Å²) in [5.74, 6) is -2.72. The highest BCUT2D eigenvalue weighted by atomic mass is 16.6. The number of nitrogens with zero attached hydrogens (tertiary/aromatic N) is 1. The van der Waals surface area contributed by atoms with Gasteiger partial charge in [-0.05, 0) is 25.6 Å². The fraction of sp³-hybridized carbons (Fsp3) is 0.586. The van der Waals surface area contributed by atoms with Crippen molar-refractivity contribution in [1.82, 2.24) is 20.9 Å². The number of carbonyl (C=O) groups is 6. The molecule has 0 bridgehead atoms. The molecule has 4 N–H and O–H groups in total. The lowest BCUT2D eigenvalue weighted by Gasteiger charge is -2.24. The van der Waals surface area contributed by atoms with Crippen LogP contribution in [0.5, 0.6) is 0 Å². The van der Waals surface area contributed by atoms with E-state index >= 15 is 0 Å². The Hall–Kier alpha value is -3.80. The van der Waals surface area contributed by atoms with Gasteiger partial charge >= 0.3 is 0 Å². The summed E-state index contributed by atoms with van der Waals surface area (Å²) in [6, 6.07) is 3.26. The number of anilines is 1. The number of fused-ring (bicyclic) bond motifs is 1. The summed E-state index contributed by atoms with van der Waals surface area (Å²) in [6.07, 6.45) is 0.565. The van der Waals surface area contributed by atoms with Crippen LogP contribution in [0.1, 0.15) is 33.6 Å². The summed E-state index contributed by atoms with van der Waals surface area (Å²) in [5, 5.41) is 10.6. The van der Waals surface area contributed by atoms with E-state index in [0.29, 0.717) is 59.0 Å². The Morgan fingerprint density at radius 3 is 1.93 bits per heavy atom. The van der Waals surface area contributed by atoms with Crippen LogP contribution in [-0.2, 0) is 42.9 Å². The Balaban J connectivity index is 1.58. The predicted molar refractivity (Wildman–Crippen MR) is 160 cm³/mol. The summed E-state index contributed by atoms with van der Waals surface area (Å²) in [4.78, 5) is 74.2. The molecule has 0 fully saturated rings. The first kappa shape index (κ1) is 37.4. The summed E-state index contributed by atoms with van der Waals surface area (Å²) >= 11 is 0. The van der Waals surface area contributed by atoms with Crippen molar-refractivity contribution >= 4 is 41.5 Å². The summed E-state index contributed by atoms with van der Waals surface area (Å²) in [5.41, 5.74) is 0.131. The number of hydrogen-bond acceptors (Lipinski definition) is 12.